The van der Waals surface area contributed by atoms with E-state index in [0.29, 0.717) is 12.8 Å². The molecule has 0 spiro atoms. The van der Waals surface area contributed by atoms with E-state index in [2.05, 4.69) is 10.3 Å². The summed E-state index contributed by atoms with van der Waals surface area (Å²) < 4.78 is 47.9. The lowest BCUT2D eigenvalue weighted by atomic mass is 9.73. The van der Waals surface area contributed by atoms with Crippen LogP contribution in [0, 0.1) is 17.8 Å². The van der Waals surface area contributed by atoms with Crippen molar-refractivity contribution in [1.82, 2.24) is 15.2 Å². The number of ketones is 2. The predicted molar refractivity (Wildman–Crippen MR) is 211 cm³/mol. The van der Waals surface area contributed by atoms with Crippen LogP contribution in [0.3, 0.4) is 0 Å². The maximum absolute atomic E-state index is 17.0. The number of aliphatic hydroxyl groups excluding tert-OH is 1. The van der Waals surface area contributed by atoms with Crippen molar-refractivity contribution in [2.75, 3.05) is 20.7 Å². The van der Waals surface area contributed by atoms with Gasteiger partial charge in [-0.05, 0) is 84.8 Å². The summed E-state index contributed by atoms with van der Waals surface area (Å²) in [4.78, 5) is 61.8. The van der Waals surface area contributed by atoms with Crippen LogP contribution in [0.4, 0.5) is 9.18 Å². The summed E-state index contributed by atoms with van der Waals surface area (Å²) in [6.07, 6.45) is 0.259. The number of hydrogen-bond donors (Lipinski definition) is 2. The molecule has 0 unspecified atom stereocenters. The number of amides is 1. The number of likely N-dealkylation sites (N-methyl/N-ethyl adjacent to an activating group) is 1. The van der Waals surface area contributed by atoms with Gasteiger partial charge in [-0.2, -0.15) is 0 Å². The highest BCUT2D eigenvalue weighted by Gasteiger charge is 2.59. The van der Waals surface area contributed by atoms with E-state index < -0.39 is 83.1 Å². The summed E-state index contributed by atoms with van der Waals surface area (Å²) in [6, 6.07) is 8.28. The highest BCUT2D eigenvalue weighted by atomic mass is 19.1. The van der Waals surface area contributed by atoms with Gasteiger partial charge in [-0.3, -0.25) is 14.6 Å². The van der Waals surface area contributed by atoms with Gasteiger partial charge in [-0.1, -0.05) is 58.4 Å². The van der Waals surface area contributed by atoms with Crippen molar-refractivity contribution in [2.45, 2.75) is 141 Å². The molecule has 3 aliphatic heterocycles. The molecule has 13 nitrogen and oxygen atoms in total. The molecule has 2 N–H and O–H groups in total. The SMILES string of the molecule is CCC[C@H]1OC(=O)[C@@](C)(F)C(=O)[C@H](C)[C@@H](O[C@@H]2O[C@H](C)C[C@H](N(C)C)[C@H]2O)[C@](C)(OC/C=C/c2ccc3ncccc3c2)C[C@@H](C)C(=O)[C@H](C)[C@@H]2NC(=O)O[C@]12C. The number of nitrogens with one attached hydrogen (secondary N) is 1. The second-order valence-electron chi connectivity index (χ2n) is 16.9. The Bertz CT molecular complexity index is 1820. The molecule has 13 atom stereocenters. The topological polar surface area (TPSA) is 163 Å². The van der Waals surface area contributed by atoms with Gasteiger partial charge < -0.3 is 39.0 Å². The number of nitrogens with zero attached hydrogens (tertiary/aromatic N) is 2. The number of benzene rings is 1. The number of fused-ring (bicyclic) bond motifs is 2. The van der Waals surface area contributed by atoms with Gasteiger partial charge in [0.25, 0.3) is 5.67 Å². The molecule has 5 rings (SSSR count). The third-order valence-electron chi connectivity index (χ3n) is 12.1. The molecule has 0 aliphatic carbocycles. The molecular formula is C43H60FN3O10. The lowest BCUT2D eigenvalue weighted by molar-refractivity contribution is -0.297. The van der Waals surface area contributed by atoms with Crippen LogP contribution in [0.5, 0.6) is 0 Å². The van der Waals surface area contributed by atoms with Gasteiger partial charge in [0.1, 0.15) is 18.0 Å². The predicted octanol–water partition coefficient (Wildman–Crippen LogP) is 5.59. The zero-order valence-electron chi connectivity index (χ0n) is 34.8. The van der Waals surface area contributed by atoms with Gasteiger partial charge in [0, 0.05) is 35.4 Å². The van der Waals surface area contributed by atoms with Crippen molar-refractivity contribution in [1.29, 1.82) is 0 Å². The molecule has 0 radical (unpaired) electrons. The quantitative estimate of drug-likeness (QED) is 0.239. The van der Waals surface area contributed by atoms with E-state index in [1.165, 1.54) is 6.92 Å². The fraction of sp³-hybridized carbons (Fsp3) is 0.651. The van der Waals surface area contributed by atoms with E-state index >= 15 is 4.39 Å². The molecule has 1 aromatic carbocycles. The van der Waals surface area contributed by atoms with Gasteiger partial charge in [0.05, 0.1) is 36.0 Å². The summed E-state index contributed by atoms with van der Waals surface area (Å²) in [6.45, 7) is 12.5. The number of carbonyl (C=O) groups is 4. The number of alkyl halides is 1. The van der Waals surface area contributed by atoms with Crippen molar-refractivity contribution in [2.24, 2.45) is 17.8 Å². The number of pyridine rings is 1. The first kappa shape index (κ1) is 44.3. The molecule has 3 fully saturated rings. The Labute approximate surface area is 335 Å². The zero-order valence-corrected chi connectivity index (χ0v) is 34.8. The van der Waals surface area contributed by atoms with Crippen LogP contribution in [-0.4, -0.2) is 119 Å². The lowest BCUT2D eigenvalue weighted by Crippen LogP contribution is -2.61. The number of aliphatic hydroxyl groups is 1. The number of hydrogen-bond acceptors (Lipinski definition) is 12. The van der Waals surface area contributed by atoms with Crippen molar-refractivity contribution < 1.29 is 52.4 Å². The Hall–Kier alpha value is -3.82. The highest BCUT2D eigenvalue weighted by Crippen LogP contribution is 2.41. The average Bonchev–Trinajstić information content (AvgIpc) is 3.48. The third kappa shape index (κ3) is 9.25. The second kappa shape index (κ2) is 17.6. The van der Waals surface area contributed by atoms with Crippen molar-refractivity contribution in [3.05, 3.63) is 48.2 Å². The number of aromatic nitrogens is 1. The average molecular weight is 798 g/mol. The van der Waals surface area contributed by atoms with E-state index in [1.807, 2.05) is 69.3 Å². The minimum absolute atomic E-state index is 0.0260. The number of esters is 1. The standard InChI is InChI=1S/C43H60FN3O10/c1-11-14-32-43(8)35(46-40(52)57-43)26(4)33(48)24(2)23-41(6,53-20-13-15-28-17-18-30-29(22-28)16-12-19-45-30)37(27(5)36(50)42(7,44)39(51)55-32)56-38-34(49)31(47(9)10)21-25(3)54-38/h12-13,15-19,22,24-27,31-32,34-35,37-38,49H,11,14,20-21,23H2,1-10H3,(H,46,52)/b15-13+/t24-,25-,26+,27+,31+,32-,34-,35+,37-,38+,41-,42+,43-/m1/s1. The van der Waals surface area contributed by atoms with Gasteiger partial charge in [0.15, 0.2) is 17.7 Å². The largest absolute Gasteiger partial charge is 0.455 e. The maximum Gasteiger partial charge on any atom is 0.408 e. The first-order valence-electron chi connectivity index (χ1n) is 20.0. The van der Waals surface area contributed by atoms with E-state index in [-0.39, 0.29) is 37.4 Å². The number of rotatable bonds is 9. The van der Waals surface area contributed by atoms with Gasteiger partial charge in [0.2, 0.25) is 0 Å². The monoisotopic (exact) mass is 797 g/mol. The number of carbonyl (C=O) groups excluding carboxylic acids is 4. The Morgan fingerprint density at radius 2 is 1.79 bits per heavy atom. The van der Waals surface area contributed by atoms with Gasteiger partial charge in [-0.25, -0.2) is 14.0 Å². The number of alkyl carbamates (subject to hydrolysis) is 1. The van der Waals surface area contributed by atoms with Crippen molar-refractivity contribution >= 4 is 40.6 Å². The van der Waals surface area contributed by atoms with Crippen LogP contribution in [0.1, 0.15) is 86.6 Å². The number of cyclic esters (lactones) is 1. The fourth-order valence-corrected chi connectivity index (χ4v) is 8.87. The van der Waals surface area contributed by atoms with E-state index in [1.54, 1.807) is 40.0 Å². The van der Waals surface area contributed by atoms with Crippen LogP contribution in [-0.2, 0) is 38.1 Å². The second-order valence-corrected chi connectivity index (χ2v) is 16.9. The molecule has 0 bridgehead atoms. The zero-order chi connectivity index (χ0) is 42.0. The first-order chi connectivity index (χ1) is 26.7. The van der Waals surface area contributed by atoms with Crippen LogP contribution >= 0.6 is 0 Å². The van der Waals surface area contributed by atoms with Crippen molar-refractivity contribution in [3.63, 3.8) is 0 Å². The van der Waals surface area contributed by atoms with Crippen LogP contribution < -0.4 is 5.32 Å². The number of halogens is 1. The molecular weight excluding hydrogens is 737 g/mol. The van der Waals surface area contributed by atoms with Gasteiger partial charge >= 0.3 is 12.1 Å². The summed E-state index contributed by atoms with van der Waals surface area (Å²) >= 11 is 0. The molecule has 14 heteroatoms. The molecule has 1 aromatic heterocycles. The fourth-order valence-electron chi connectivity index (χ4n) is 8.87. The molecule has 1 amide bonds. The summed E-state index contributed by atoms with van der Waals surface area (Å²) in [5.41, 5.74) is -4.56. The van der Waals surface area contributed by atoms with Gasteiger partial charge in [-0.15, -0.1) is 0 Å². The molecule has 0 saturated carbocycles. The molecule has 314 valence electrons. The Morgan fingerprint density at radius 3 is 2.47 bits per heavy atom. The third-order valence-corrected chi connectivity index (χ3v) is 12.1. The minimum Gasteiger partial charge on any atom is -0.455 e. The van der Waals surface area contributed by atoms with Crippen LogP contribution in [0.25, 0.3) is 17.0 Å². The minimum atomic E-state index is -3.19. The number of Topliss-reactive ketones (excluding diaryl/α,β-unsaturated/α-hetero) is 2. The normalized spacial score (nSPS) is 38.5. The maximum atomic E-state index is 17.0. The Kier molecular flexibility index (Phi) is 13.7. The van der Waals surface area contributed by atoms with E-state index in [9.17, 15) is 24.3 Å². The molecule has 57 heavy (non-hydrogen) atoms. The first-order valence-corrected chi connectivity index (χ1v) is 20.0. The Balaban J connectivity index is 1.59. The van der Waals surface area contributed by atoms with Crippen molar-refractivity contribution in [3.8, 4) is 0 Å². The van der Waals surface area contributed by atoms with E-state index in [0.717, 1.165) is 23.4 Å². The summed E-state index contributed by atoms with van der Waals surface area (Å²) in [7, 11) is 3.65. The summed E-state index contributed by atoms with van der Waals surface area (Å²) in [5.74, 6) is -5.90. The molecule has 4 heterocycles. The van der Waals surface area contributed by atoms with E-state index in [4.69, 9.17) is 23.7 Å². The van der Waals surface area contributed by atoms with Crippen LogP contribution in [0.2, 0.25) is 0 Å². The Morgan fingerprint density at radius 1 is 1.07 bits per heavy atom. The summed E-state index contributed by atoms with van der Waals surface area (Å²) in [5, 5.41) is 15.3. The molecule has 3 saturated heterocycles. The number of ether oxygens (including phenoxy) is 5. The van der Waals surface area contributed by atoms with Crippen LogP contribution in [0.15, 0.2) is 42.6 Å². The molecule has 3 aliphatic rings. The smallest absolute Gasteiger partial charge is 0.408 e. The molecule has 2 aromatic rings. The highest BCUT2D eigenvalue weighted by molar-refractivity contribution is 6.08. The lowest BCUT2D eigenvalue weighted by Gasteiger charge is -2.47.